The topological polar surface area (TPSA) is 73.6 Å². The van der Waals surface area contributed by atoms with E-state index in [0.717, 1.165) is 11.3 Å². The Hall–Kier alpha value is -2.34. The number of carbonyl (C=O) groups excluding carboxylic acids is 1. The van der Waals surface area contributed by atoms with Gasteiger partial charge in [-0.1, -0.05) is 12.1 Å². The third-order valence-corrected chi connectivity index (χ3v) is 2.48. The maximum atomic E-state index is 11.5. The van der Waals surface area contributed by atoms with Crippen molar-refractivity contribution in [3.8, 4) is 0 Å². The van der Waals surface area contributed by atoms with Crippen molar-refractivity contribution < 1.29 is 18.7 Å². The van der Waals surface area contributed by atoms with E-state index in [1.54, 1.807) is 14.0 Å². The second-order valence-electron chi connectivity index (χ2n) is 4.02. The first-order valence-electron chi connectivity index (χ1n) is 6.20. The second kappa shape index (κ2) is 6.72. The summed E-state index contributed by atoms with van der Waals surface area (Å²) in [5, 5.41) is 2.98. The standard InChI is InChI=1S/C14H16N2O4/c1-3-19-13(17)12-9-20-14(16-12)15-11-6-4-5-10(7-11)8-18-2/h4-7,9H,3,8H2,1-2H3,(H,15,16). The molecule has 0 aliphatic rings. The largest absolute Gasteiger partial charge is 0.461 e. The van der Waals surface area contributed by atoms with Crippen LogP contribution in [0.25, 0.3) is 0 Å². The number of benzene rings is 1. The molecule has 0 aliphatic carbocycles. The number of aromatic nitrogens is 1. The molecule has 1 aromatic heterocycles. The minimum Gasteiger partial charge on any atom is -0.461 e. The van der Waals surface area contributed by atoms with Crippen LogP contribution < -0.4 is 5.32 Å². The molecule has 0 unspecified atom stereocenters. The predicted octanol–water partition coefficient (Wildman–Crippen LogP) is 2.74. The summed E-state index contributed by atoms with van der Waals surface area (Å²) >= 11 is 0. The number of methoxy groups -OCH3 is 1. The highest BCUT2D eigenvalue weighted by Crippen LogP contribution is 2.18. The molecular formula is C14H16N2O4. The van der Waals surface area contributed by atoms with E-state index >= 15 is 0 Å². The Balaban J connectivity index is 2.06. The van der Waals surface area contributed by atoms with Crippen LogP contribution in [-0.4, -0.2) is 24.7 Å². The van der Waals surface area contributed by atoms with Crippen LogP contribution in [0.3, 0.4) is 0 Å². The summed E-state index contributed by atoms with van der Waals surface area (Å²) in [5.41, 5.74) is 1.97. The molecule has 6 heteroatoms. The van der Waals surface area contributed by atoms with Crippen molar-refractivity contribution in [2.75, 3.05) is 19.0 Å². The van der Waals surface area contributed by atoms with E-state index in [0.29, 0.717) is 13.2 Å². The average Bonchev–Trinajstić information content (AvgIpc) is 2.88. The molecule has 0 fully saturated rings. The van der Waals surface area contributed by atoms with Crippen LogP contribution in [0, 0.1) is 0 Å². The molecule has 0 radical (unpaired) electrons. The number of hydrogen-bond donors (Lipinski definition) is 1. The summed E-state index contributed by atoms with van der Waals surface area (Å²) < 4.78 is 15.1. The third-order valence-electron chi connectivity index (χ3n) is 2.48. The Morgan fingerprint density at radius 3 is 3.05 bits per heavy atom. The summed E-state index contributed by atoms with van der Waals surface area (Å²) in [6.07, 6.45) is 1.26. The number of nitrogens with zero attached hydrogens (tertiary/aromatic N) is 1. The fourth-order valence-corrected chi connectivity index (χ4v) is 1.66. The fraction of sp³-hybridized carbons (Fsp3) is 0.286. The van der Waals surface area contributed by atoms with E-state index in [-0.39, 0.29) is 11.7 Å². The van der Waals surface area contributed by atoms with Gasteiger partial charge in [-0.2, -0.15) is 4.98 Å². The number of nitrogens with one attached hydrogen (secondary N) is 1. The summed E-state index contributed by atoms with van der Waals surface area (Å²) in [6.45, 7) is 2.56. The zero-order valence-electron chi connectivity index (χ0n) is 11.4. The summed E-state index contributed by atoms with van der Waals surface area (Å²) in [4.78, 5) is 15.5. The molecule has 2 rings (SSSR count). The van der Waals surface area contributed by atoms with Crippen molar-refractivity contribution in [3.05, 3.63) is 41.8 Å². The number of rotatable bonds is 6. The molecule has 106 valence electrons. The van der Waals surface area contributed by atoms with Gasteiger partial charge in [0.1, 0.15) is 6.26 Å². The average molecular weight is 276 g/mol. The van der Waals surface area contributed by atoms with E-state index in [2.05, 4.69) is 10.3 Å². The van der Waals surface area contributed by atoms with Gasteiger partial charge in [-0.05, 0) is 24.6 Å². The van der Waals surface area contributed by atoms with Crippen molar-refractivity contribution in [2.24, 2.45) is 0 Å². The van der Waals surface area contributed by atoms with E-state index < -0.39 is 5.97 Å². The highest BCUT2D eigenvalue weighted by Gasteiger charge is 2.13. The zero-order valence-corrected chi connectivity index (χ0v) is 11.4. The number of anilines is 2. The fourth-order valence-electron chi connectivity index (χ4n) is 1.66. The van der Waals surface area contributed by atoms with Crippen LogP contribution in [0.5, 0.6) is 0 Å². The van der Waals surface area contributed by atoms with E-state index in [4.69, 9.17) is 13.9 Å². The van der Waals surface area contributed by atoms with E-state index in [1.165, 1.54) is 6.26 Å². The Kier molecular flexibility index (Phi) is 4.73. The van der Waals surface area contributed by atoms with Crippen LogP contribution in [0.2, 0.25) is 0 Å². The second-order valence-corrected chi connectivity index (χ2v) is 4.02. The van der Waals surface area contributed by atoms with Crippen molar-refractivity contribution in [1.29, 1.82) is 0 Å². The maximum absolute atomic E-state index is 11.5. The number of hydrogen-bond acceptors (Lipinski definition) is 6. The van der Waals surface area contributed by atoms with Gasteiger partial charge in [0, 0.05) is 12.8 Å². The van der Waals surface area contributed by atoms with Crippen LogP contribution in [0.4, 0.5) is 11.7 Å². The van der Waals surface area contributed by atoms with Gasteiger partial charge in [-0.15, -0.1) is 0 Å². The Morgan fingerprint density at radius 1 is 1.45 bits per heavy atom. The van der Waals surface area contributed by atoms with Gasteiger partial charge in [-0.3, -0.25) is 0 Å². The maximum Gasteiger partial charge on any atom is 0.360 e. The van der Waals surface area contributed by atoms with Gasteiger partial charge >= 0.3 is 5.97 Å². The Bertz CT molecular complexity index is 580. The molecule has 2 aromatic rings. The lowest BCUT2D eigenvalue weighted by Crippen LogP contribution is -2.05. The molecule has 1 aromatic carbocycles. The monoisotopic (exact) mass is 276 g/mol. The molecular weight excluding hydrogens is 260 g/mol. The van der Waals surface area contributed by atoms with Gasteiger partial charge in [0.2, 0.25) is 0 Å². The lowest BCUT2D eigenvalue weighted by Gasteiger charge is -2.04. The molecule has 20 heavy (non-hydrogen) atoms. The summed E-state index contributed by atoms with van der Waals surface area (Å²) in [6, 6.07) is 7.87. The molecule has 1 N–H and O–H groups in total. The highest BCUT2D eigenvalue weighted by atomic mass is 16.5. The predicted molar refractivity (Wildman–Crippen MR) is 72.9 cm³/mol. The summed E-state index contributed by atoms with van der Waals surface area (Å²) in [5.74, 6) is -0.502. The molecule has 0 saturated heterocycles. The van der Waals surface area contributed by atoms with Gasteiger partial charge in [0.05, 0.1) is 13.2 Å². The molecule has 0 bridgehead atoms. The first-order valence-corrected chi connectivity index (χ1v) is 6.20. The van der Waals surface area contributed by atoms with Crippen molar-refractivity contribution in [2.45, 2.75) is 13.5 Å². The van der Waals surface area contributed by atoms with Gasteiger partial charge in [0.25, 0.3) is 6.01 Å². The van der Waals surface area contributed by atoms with E-state index in [9.17, 15) is 4.79 Å². The first-order chi connectivity index (χ1) is 9.72. The van der Waals surface area contributed by atoms with E-state index in [1.807, 2.05) is 24.3 Å². The smallest absolute Gasteiger partial charge is 0.360 e. The SMILES string of the molecule is CCOC(=O)c1coc(Nc2cccc(COC)c2)n1. The minimum absolute atomic E-state index is 0.141. The van der Waals surface area contributed by atoms with Crippen LogP contribution >= 0.6 is 0 Å². The number of ether oxygens (including phenoxy) is 2. The normalized spacial score (nSPS) is 10.3. The lowest BCUT2D eigenvalue weighted by atomic mass is 10.2. The van der Waals surface area contributed by atoms with Crippen LogP contribution in [0.15, 0.2) is 34.9 Å². The molecule has 0 saturated carbocycles. The minimum atomic E-state index is -0.502. The van der Waals surface area contributed by atoms with Gasteiger partial charge in [-0.25, -0.2) is 4.79 Å². The quantitative estimate of drug-likeness (QED) is 0.818. The van der Waals surface area contributed by atoms with Crippen LogP contribution in [-0.2, 0) is 16.1 Å². The third kappa shape index (κ3) is 3.58. The van der Waals surface area contributed by atoms with Gasteiger partial charge in [0.15, 0.2) is 5.69 Å². The molecule has 0 spiro atoms. The lowest BCUT2D eigenvalue weighted by molar-refractivity contribution is 0.0519. The van der Waals surface area contributed by atoms with Crippen molar-refractivity contribution in [1.82, 2.24) is 4.98 Å². The first kappa shape index (κ1) is 14.1. The molecule has 0 aliphatic heterocycles. The summed E-state index contributed by atoms with van der Waals surface area (Å²) in [7, 11) is 1.64. The number of oxazole rings is 1. The molecule has 6 nitrogen and oxygen atoms in total. The van der Waals surface area contributed by atoms with Gasteiger partial charge < -0.3 is 19.2 Å². The van der Waals surface area contributed by atoms with Crippen molar-refractivity contribution >= 4 is 17.7 Å². The number of carbonyl (C=O) groups is 1. The molecule has 0 amide bonds. The van der Waals surface area contributed by atoms with Crippen molar-refractivity contribution in [3.63, 3.8) is 0 Å². The number of esters is 1. The Labute approximate surface area is 116 Å². The van der Waals surface area contributed by atoms with Crippen LogP contribution in [0.1, 0.15) is 23.0 Å². The molecule has 0 atom stereocenters. The Morgan fingerprint density at radius 2 is 2.30 bits per heavy atom. The highest BCUT2D eigenvalue weighted by molar-refractivity contribution is 5.87. The zero-order chi connectivity index (χ0) is 14.4. The molecule has 1 heterocycles.